The molecule has 4 rings (SSSR count). The van der Waals surface area contributed by atoms with E-state index in [0.717, 1.165) is 27.7 Å². The number of anilines is 1. The number of pyridine rings is 1. The van der Waals surface area contributed by atoms with Crippen LogP contribution in [0.3, 0.4) is 0 Å². The van der Waals surface area contributed by atoms with E-state index in [1.807, 2.05) is 61.5 Å². The van der Waals surface area contributed by atoms with Crippen LogP contribution in [0.2, 0.25) is 0 Å². The van der Waals surface area contributed by atoms with Crippen LogP contribution < -0.4 is 14.8 Å². The van der Waals surface area contributed by atoms with Gasteiger partial charge in [0, 0.05) is 17.0 Å². The maximum absolute atomic E-state index is 13.3. The lowest BCUT2D eigenvalue weighted by atomic mass is 10.0. The van der Waals surface area contributed by atoms with Crippen LogP contribution in [0, 0.1) is 6.92 Å². The Balaban J connectivity index is 1.82. The van der Waals surface area contributed by atoms with Gasteiger partial charge in [-0.15, -0.1) is 0 Å². The molecule has 1 N–H and O–H groups in total. The SMILES string of the molecule is COc1ccc(OC)c(NC(=O)c2cc(-c3ccccc3C)nc3ccccc23)c1. The van der Waals surface area contributed by atoms with Crippen LogP contribution in [0.5, 0.6) is 11.5 Å². The summed E-state index contributed by atoms with van der Waals surface area (Å²) < 4.78 is 10.7. The zero-order chi connectivity index (χ0) is 21.1. The van der Waals surface area contributed by atoms with Crippen molar-refractivity contribution >= 4 is 22.5 Å². The summed E-state index contributed by atoms with van der Waals surface area (Å²) in [6.45, 7) is 2.03. The third kappa shape index (κ3) is 3.70. The molecule has 0 spiro atoms. The van der Waals surface area contributed by atoms with Crippen LogP contribution in [0.25, 0.3) is 22.2 Å². The van der Waals surface area contributed by atoms with E-state index in [4.69, 9.17) is 14.5 Å². The Bertz CT molecular complexity index is 1230. The van der Waals surface area contributed by atoms with Crippen LogP contribution in [0.4, 0.5) is 5.69 Å². The summed E-state index contributed by atoms with van der Waals surface area (Å²) >= 11 is 0. The number of carbonyl (C=O) groups is 1. The molecule has 3 aromatic carbocycles. The van der Waals surface area contributed by atoms with Gasteiger partial charge in [0.2, 0.25) is 0 Å². The number of benzene rings is 3. The summed E-state index contributed by atoms with van der Waals surface area (Å²) in [5.74, 6) is 0.947. The fraction of sp³-hybridized carbons (Fsp3) is 0.120. The molecule has 0 atom stereocenters. The van der Waals surface area contributed by atoms with Crippen molar-refractivity contribution < 1.29 is 14.3 Å². The van der Waals surface area contributed by atoms with Gasteiger partial charge in [0.25, 0.3) is 5.91 Å². The van der Waals surface area contributed by atoms with Crippen molar-refractivity contribution in [1.29, 1.82) is 0 Å². The second kappa shape index (κ2) is 8.25. The monoisotopic (exact) mass is 398 g/mol. The van der Waals surface area contributed by atoms with Gasteiger partial charge in [0.05, 0.1) is 36.7 Å². The first-order valence-electron chi connectivity index (χ1n) is 9.60. The molecule has 0 unspecified atom stereocenters. The van der Waals surface area contributed by atoms with Crippen molar-refractivity contribution in [1.82, 2.24) is 4.98 Å². The predicted molar refractivity (Wildman–Crippen MR) is 119 cm³/mol. The van der Waals surface area contributed by atoms with E-state index in [0.29, 0.717) is 22.7 Å². The van der Waals surface area contributed by atoms with Gasteiger partial charge < -0.3 is 14.8 Å². The van der Waals surface area contributed by atoms with E-state index in [-0.39, 0.29) is 5.91 Å². The van der Waals surface area contributed by atoms with Gasteiger partial charge in [-0.05, 0) is 36.8 Å². The maximum Gasteiger partial charge on any atom is 0.256 e. The topological polar surface area (TPSA) is 60.5 Å². The number of para-hydroxylation sites is 1. The van der Waals surface area contributed by atoms with Crippen molar-refractivity contribution in [2.45, 2.75) is 6.92 Å². The largest absolute Gasteiger partial charge is 0.497 e. The zero-order valence-corrected chi connectivity index (χ0v) is 17.1. The van der Waals surface area contributed by atoms with Crippen molar-refractivity contribution in [3.05, 3.63) is 83.9 Å². The highest BCUT2D eigenvalue weighted by molar-refractivity contribution is 6.13. The van der Waals surface area contributed by atoms with Crippen LogP contribution in [-0.4, -0.2) is 25.1 Å². The minimum absolute atomic E-state index is 0.241. The fourth-order valence-corrected chi connectivity index (χ4v) is 3.46. The van der Waals surface area contributed by atoms with E-state index in [2.05, 4.69) is 5.32 Å². The molecule has 30 heavy (non-hydrogen) atoms. The van der Waals surface area contributed by atoms with Gasteiger partial charge in [-0.25, -0.2) is 4.98 Å². The first-order chi connectivity index (χ1) is 14.6. The van der Waals surface area contributed by atoms with Crippen molar-refractivity contribution in [3.8, 4) is 22.8 Å². The molecule has 5 heteroatoms. The average Bonchev–Trinajstić information content (AvgIpc) is 2.78. The van der Waals surface area contributed by atoms with E-state index >= 15 is 0 Å². The number of amides is 1. The first-order valence-corrected chi connectivity index (χ1v) is 9.60. The van der Waals surface area contributed by atoms with E-state index < -0.39 is 0 Å². The van der Waals surface area contributed by atoms with Gasteiger partial charge in [-0.2, -0.15) is 0 Å². The minimum Gasteiger partial charge on any atom is -0.497 e. The van der Waals surface area contributed by atoms with Gasteiger partial charge in [-0.1, -0.05) is 42.5 Å². The van der Waals surface area contributed by atoms with Crippen molar-refractivity contribution in [3.63, 3.8) is 0 Å². The highest BCUT2D eigenvalue weighted by atomic mass is 16.5. The molecule has 150 valence electrons. The van der Waals surface area contributed by atoms with Crippen LogP contribution >= 0.6 is 0 Å². The minimum atomic E-state index is -0.241. The Morgan fingerprint density at radius 1 is 0.900 bits per heavy atom. The number of aryl methyl sites for hydroxylation is 1. The summed E-state index contributed by atoms with van der Waals surface area (Å²) in [7, 11) is 3.15. The van der Waals surface area contributed by atoms with Gasteiger partial charge in [-0.3, -0.25) is 4.79 Å². The Morgan fingerprint density at radius 2 is 1.67 bits per heavy atom. The molecule has 0 saturated heterocycles. The van der Waals surface area contributed by atoms with Crippen LogP contribution in [0.1, 0.15) is 15.9 Å². The molecule has 5 nitrogen and oxygen atoms in total. The molecule has 0 radical (unpaired) electrons. The summed E-state index contributed by atoms with van der Waals surface area (Å²) in [6, 6.07) is 22.8. The van der Waals surface area contributed by atoms with Gasteiger partial charge in [0.15, 0.2) is 0 Å². The number of hydrogen-bond acceptors (Lipinski definition) is 4. The van der Waals surface area contributed by atoms with E-state index in [1.165, 1.54) is 0 Å². The smallest absolute Gasteiger partial charge is 0.256 e. The number of nitrogens with zero attached hydrogens (tertiary/aromatic N) is 1. The molecule has 1 aromatic heterocycles. The summed E-state index contributed by atoms with van der Waals surface area (Å²) in [6.07, 6.45) is 0. The quantitative estimate of drug-likeness (QED) is 0.484. The Morgan fingerprint density at radius 3 is 2.43 bits per heavy atom. The van der Waals surface area contributed by atoms with E-state index in [9.17, 15) is 4.79 Å². The predicted octanol–water partition coefficient (Wildman–Crippen LogP) is 5.48. The Kier molecular flexibility index (Phi) is 5.35. The highest BCUT2D eigenvalue weighted by Crippen LogP contribution is 2.31. The maximum atomic E-state index is 13.3. The second-order valence-corrected chi connectivity index (χ2v) is 6.91. The third-order valence-electron chi connectivity index (χ3n) is 5.04. The molecule has 0 bridgehead atoms. The van der Waals surface area contributed by atoms with Gasteiger partial charge >= 0.3 is 0 Å². The number of nitrogens with one attached hydrogen (secondary N) is 1. The van der Waals surface area contributed by atoms with Crippen molar-refractivity contribution in [2.75, 3.05) is 19.5 Å². The van der Waals surface area contributed by atoms with Gasteiger partial charge in [0.1, 0.15) is 11.5 Å². The molecule has 1 heterocycles. The van der Waals surface area contributed by atoms with Crippen molar-refractivity contribution in [2.24, 2.45) is 0 Å². The Hall–Kier alpha value is -3.86. The van der Waals surface area contributed by atoms with E-state index in [1.54, 1.807) is 32.4 Å². The molecule has 0 aliphatic rings. The number of rotatable bonds is 5. The lowest BCUT2D eigenvalue weighted by Gasteiger charge is -2.14. The summed E-state index contributed by atoms with van der Waals surface area (Å²) in [5.41, 5.74) is 4.71. The molecule has 0 aliphatic carbocycles. The lowest BCUT2D eigenvalue weighted by Crippen LogP contribution is -2.14. The number of hydrogen-bond donors (Lipinski definition) is 1. The molecule has 0 saturated carbocycles. The summed E-state index contributed by atoms with van der Waals surface area (Å²) in [4.78, 5) is 18.1. The molecule has 4 aromatic rings. The number of ether oxygens (including phenoxy) is 2. The average molecular weight is 398 g/mol. The number of carbonyl (C=O) groups excluding carboxylic acids is 1. The zero-order valence-electron chi connectivity index (χ0n) is 17.1. The number of methoxy groups -OCH3 is 2. The lowest BCUT2D eigenvalue weighted by molar-refractivity contribution is 0.102. The number of aromatic nitrogens is 1. The molecule has 0 aliphatic heterocycles. The summed E-state index contributed by atoms with van der Waals surface area (Å²) in [5, 5.41) is 3.75. The second-order valence-electron chi connectivity index (χ2n) is 6.91. The molecular weight excluding hydrogens is 376 g/mol. The number of fused-ring (bicyclic) bond motifs is 1. The Labute approximate surface area is 175 Å². The van der Waals surface area contributed by atoms with Crippen LogP contribution in [0.15, 0.2) is 72.8 Å². The fourth-order valence-electron chi connectivity index (χ4n) is 3.46. The standard InChI is InChI=1S/C25H22N2O3/c1-16-8-4-5-9-18(16)22-15-20(19-10-6-7-11-21(19)26-22)25(28)27-23-14-17(29-2)12-13-24(23)30-3/h4-15H,1-3H3,(H,27,28). The molecule has 1 amide bonds. The molecular formula is C25H22N2O3. The molecule has 0 fully saturated rings. The normalized spacial score (nSPS) is 10.6. The first kappa shape index (κ1) is 19.5. The van der Waals surface area contributed by atoms with Crippen LogP contribution in [-0.2, 0) is 0 Å². The third-order valence-corrected chi connectivity index (χ3v) is 5.04. The highest BCUT2D eigenvalue weighted by Gasteiger charge is 2.17.